The molecule has 5 atom stereocenters. The van der Waals surface area contributed by atoms with E-state index in [9.17, 15) is 18.8 Å². The van der Waals surface area contributed by atoms with Gasteiger partial charge < -0.3 is 33.3 Å². The predicted molar refractivity (Wildman–Crippen MR) is 229 cm³/mol. The molecule has 1 N–H and O–H groups in total. The number of amides is 2. The predicted octanol–water partition coefficient (Wildman–Crippen LogP) is 7.99. The number of carbonyl (C=O) groups excluding carboxylic acids is 2. The number of nitrogens with one attached hydrogen (secondary N) is 1. The van der Waals surface area contributed by atoms with E-state index in [0.29, 0.717) is 17.1 Å². The van der Waals surface area contributed by atoms with Crippen LogP contribution < -0.4 is 20.5 Å². The monoisotopic (exact) mass is 858 g/mol. The van der Waals surface area contributed by atoms with Crippen molar-refractivity contribution in [3.8, 4) is 11.5 Å². The van der Waals surface area contributed by atoms with Crippen LogP contribution in [0.1, 0.15) is 51.4 Å². The lowest BCUT2D eigenvalue weighted by molar-refractivity contribution is -0.127. The van der Waals surface area contributed by atoms with Crippen LogP contribution in [-0.2, 0) is 28.9 Å². The number of hydrogen-bond donors (Lipinski definition) is 1. The van der Waals surface area contributed by atoms with Crippen molar-refractivity contribution >= 4 is 26.2 Å². The summed E-state index contributed by atoms with van der Waals surface area (Å²) in [6.45, 7) is -1.24. The molecule has 62 heavy (non-hydrogen) atoms. The Balaban J connectivity index is 1.15. The molecule has 8 rings (SSSR count). The van der Waals surface area contributed by atoms with Crippen LogP contribution in [0.15, 0.2) is 157 Å². The fourth-order valence-corrected chi connectivity index (χ4v) is 9.26. The van der Waals surface area contributed by atoms with E-state index in [4.69, 9.17) is 28.0 Å². The summed E-state index contributed by atoms with van der Waals surface area (Å²) in [6.07, 6.45) is -1.59. The highest BCUT2D eigenvalue weighted by Crippen LogP contribution is 2.56. The van der Waals surface area contributed by atoms with Crippen LogP contribution in [0.25, 0.3) is 0 Å². The summed E-state index contributed by atoms with van der Waals surface area (Å²) in [5, 5.41) is 2.67. The second-order valence-corrected chi connectivity index (χ2v) is 15.9. The first-order valence-electron chi connectivity index (χ1n) is 19.9. The standard InChI is InChI=1S/C47H44FN4O9P/c1-56-37-22-18-35(19-23-37)47(34-16-10-5-11-17-34,36-20-24-38(57-2)25-21-36)58-31-41-39(60-62-52(43(53)29-48)30-40(61-62)32-12-6-3-7-13-32)28-44(59-41)51-27-26-42(50-46(51)55)49-45(54)33-14-8-4-9-15-33/h3-27,39-41,44H,28-31H2,1-2H3,(H,49,50,54,55)/t39-,40-,41+,44+,62?/m0/s1. The highest BCUT2D eigenvalue weighted by Gasteiger charge is 2.47. The van der Waals surface area contributed by atoms with Crippen LogP contribution in [-0.4, -0.2) is 72.3 Å². The maximum absolute atomic E-state index is 14.1. The van der Waals surface area contributed by atoms with Gasteiger partial charge in [0.15, 0.2) is 6.67 Å². The number of anilines is 1. The summed E-state index contributed by atoms with van der Waals surface area (Å²) in [4.78, 5) is 43.7. The lowest BCUT2D eigenvalue weighted by Crippen LogP contribution is -2.38. The largest absolute Gasteiger partial charge is 0.497 e. The molecule has 0 bridgehead atoms. The summed E-state index contributed by atoms with van der Waals surface area (Å²) in [5.41, 5.74) is 1.67. The van der Waals surface area contributed by atoms with Gasteiger partial charge in [-0.15, -0.1) is 0 Å². The molecule has 5 aromatic carbocycles. The van der Waals surface area contributed by atoms with Crippen LogP contribution >= 0.6 is 8.53 Å². The van der Waals surface area contributed by atoms with Gasteiger partial charge in [0, 0.05) is 18.2 Å². The molecule has 2 aliphatic heterocycles. The first-order chi connectivity index (χ1) is 30.3. The first-order valence-corrected chi connectivity index (χ1v) is 21.1. The van der Waals surface area contributed by atoms with Gasteiger partial charge in [-0.05, 0) is 64.7 Å². The second kappa shape index (κ2) is 19.2. The van der Waals surface area contributed by atoms with Crippen molar-refractivity contribution < 1.29 is 42.0 Å². The van der Waals surface area contributed by atoms with Gasteiger partial charge in [-0.1, -0.05) is 103 Å². The molecule has 1 unspecified atom stereocenters. The van der Waals surface area contributed by atoms with Gasteiger partial charge in [-0.2, -0.15) is 4.98 Å². The Morgan fingerprint density at radius 3 is 1.97 bits per heavy atom. The molecule has 0 saturated carbocycles. The SMILES string of the molecule is COc1ccc(C(OC[C@H]2O[C@@H](n3ccc(NC(=O)c4ccccc4)nc3=O)C[C@@H]2OP2O[C@H](c3ccccc3)CN2C(=O)CF)(c2ccccc2)c2ccc(OC)cc2)cc1. The van der Waals surface area contributed by atoms with Crippen LogP contribution in [0, 0.1) is 0 Å². The number of methoxy groups -OCH3 is 2. The van der Waals surface area contributed by atoms with Crippen LogP contribution in [0.5, 0.6) is 11.5 Å². The molecule has 0 radical (unpaired) electrons. The molecular weight excluding hydrogens is 815 g/mol. The fraction of sp³-hybridized carbons (Fsp3) is 0.234. The molecule has 318 valence electrons. The zero-order valence-corrected chi connectivity index (χ0v) is 34.8. The van der Waals surface area contributed by atoms with E-state index in [0.717, 1.165) is 22.3 Å². The number of ether oxygens (including phenoxy) is 4. The van der Waals surface area contributed by atoms with Crippen LogP contribution in [0.3, 0.4) is 0 Å². The van der Waals surface area contributed by atoms with E-state index >= 15 is 0 Å². The number of nitrogens with zero attached hydrogens (tertiary/aromatic N) is 3. The number of alkyl halides is 1. The summed E-state index contributed by atoms with van der Waals surface area (Å²) < 4.78 is 54.7. The van der Waals surface area contributed by atoms with Gasteiger partial charge >= 0.3 is 5.69 Å². The average molecular weight is 859 g/mol. The fourth-order valence-electron chi connectivity index (χ4n) is 7.61. The normalized spacial score (nSPS) is 19.9. The maximum Gasteiger partial charge on any atom is 0.351 e. The number of carbonyl (C=O) groups is 2. The zero-order chi connectivity index (χ0) is 43.1. The van der Waals surface area contributed by atoms with E-state index in [1.165, 1.54) is 21.5 Å². The van der Waals surface area contributed by atoms with E-state index in [1.807, 2.05) is 109 Å². The number of aromatic nitrogens is 2. The van der Waals surface area contributed by atoms with Gasteiger partial charge in [0.1, 0.15) is 41.4 Å². The smallest absolute Gasteiger partial charge is 0.351 e. The topological polar surface area (TPSA) is 140 Å². The number of halogens is 1. The minimum Gasteiger partial charge on any atom is -0.497 e. The number of benzene rings is 5. The Morgan fingerprint density at radius 1 is 0.806 bits per heavy atom. The third-order valence-corrected chi connectivity index (χ3v) is 12.5. The molecule has 1 aromatic heterocycles. The third-order valence-electron chi connectivity index (χ3n) is 10.8. The Morgan fingerprint density at radius 2 is 1.39 bits per heavy atom. The highest BCUT2D eigenvalue weighted by atomic mass is 31.2. The Labute approximate surface area is 358 Å². The molecule has 6 aromatic rings. The molecule has 0 spiro atoms. The van der Waals surface area contributed by atoms with Crippen molar-refractivity contribution in [1.29, 1.82) is 0 Å². The maximum atomic E-state index is 14.1. The lowest BCUT2D eigenvalue weighted by Gasteiger charge is -2.37. The Bertz CT molecular complexity index is 2450. The molecule has 13 nitrogen and oxygen atoms in total. The summed E-state index contributed by atoms with van der Waals surface area (Å²) in [5.74, 6) is 0.186. The van der Waals surface area contributed by atoms with Crippen molar-refractivity contribution in [3.05, 3.63) is 190 Å². The molecule has 2 saturated heterocycles. The van der Waals surface area contributed by atoms with Crippen LogP contribution in [0.2, 0.25) is 0 Å². The molecular formula is C47H44FN4O9P. The first kappa shape index (κ1) is 42.4. The van der Waals surface area contributed by atoms with Crippen molar-refractivity contribution in [2.75, 3.05) is 39.4 Å². The number of hydrogen-bond acceptors (Lipinski definition) is 10. The van der Waals surface area contributed by atoms with E-state index in [1.54, 1.807) is 44.6 Å². The molecule has 2 aliphatic rings. The molecule has 3 heterocycles. The summed E-state index contributed by atoms with van der Waals surface area (Å²) in [6, 6.07) is 44.3. The highest BCUT2D eigenvalue weighted by molar-refractivity contribution is 7.45. The van der Waals surface area contributed by atoms with Crippen LogP contribution in [0.4, 0.5) is 10.2 Å². The van der Waals surface area contributed by atoms with Crippen molar-refractivity contribution in [1.82, 2.24) is 14.2 Å². The van der Waals surface area contributed by atoms with Crippen molar-refractivity contribution in [2.45, 2.75) is 36.6 Å². The molecule has 0 aliphatic carbocycles. The van der Waals surface area contributed by atoms with Gasteiger partial charge in [0.2, 0.25) is 0 Å². The lowest BCUT2D eigenvalue weighted by atomic mass is 9.80. The zero-order valence-electron chi connectivity index (χ0n) is 33.9. The van der Waals surface area contributed by atoms with Crippen molar-refractivity contribution in [2.24, 2.45) is 0 Å². The van der Waals surface area contributed by atoms with E-state index in [2.05, 4.69) is 10.3 Å². The molecule has 2 amide bonds. The minimum absolute atomic E-state index is 0.0626. The minimum atomic E-state index is -2.14. The average Bonchev–Trinajstić information content (AvgIpc) is 3.94. The van der Waals surface area contributed by atoms with E-state index < -0.39 is 62.8 Å². The van der Waals surface area contributed by atoms with Crippen molar-refractivity contribution in [3.63, 3.8) is 0 Å². The molecule has 15 heteroatoms. The second-order valence-electron chi connectivity index (χ2n) is 14.5. The summed E-state index contributed by atoms with van der Waals surface area (Å²) >= 11 is 0. The Kier molecular flexibility index (Phi) is 13.1. The number of rotatable bonds is 15. The third kappa shape index (κ3) is 9.01. The Hall–Kier alpha value is -6.28. The molecule has 2 fully saturated rings. The van der Waals surface area contributed by atoms with E-state index in [-0.39, 0.29) is 25.4 Å². The van der Waals surface area contributed by atoms with Gasteiger partial charge in [0.05, 0.1) is 33.5 Å². The van der Waals surface area contributed by atoms with Gasteiger partial charge in [0.25, 0.3) is 20.3 Å². The van der Waals surface area contributed by atoms with Gasteiger partial charge in [-0.25, -0.2) is 9.18 Å². The van der Waals surface area contributed by atoms with Gasteiger partial charge in [-0.3, -0.25) is 18.8 Å². The quantitative estimate of drug-likeness (QED) is 0.0799. The summed E-state index contributed by atoms with van der Waals surface area (Å²) in [7, 11) is 1.06.